The Bertz CT molecular complexity index is 186. The molecule has 0 bridgehead atoms. The summed E-state index contributed by atoms with van der Waals surface area (Å²) >= 11 is 1.89. The minimum Gasteiger partial charge on any atom is -0.253 e. The average Bonchev–Trinajstić information content (AvgIpc) is 2.52. The second kappa shape index (κ2) is 4.38. The smallest absolute Gasteiger partial charge is 0.137 e. The fraction of sp³-hybridized carbons (Fsp3) is 0.714. The van der Waals surface area contributed by atoms with Crippen LogP contribution in [0.25, 0.3) is 0 Å². The van der Waals surface area contributed by atoms with Crippen molar-refractivity contribution in [3.8, 4) is 0 Å². The van der Waals surface area contributed by atoms with E-state index in [4.69, 9.17) is 0 Å². The molecule has 0 saturated heterocycles. The summed E-state index contributed by atoms with van der Waals surface area (Å²) in [6.45, 7) is 3.20. The van der Waals surface area contributed by atoms with Crippen molar-refractivity contribution in [3.05, 3.63) is 12.7 Å². The Morgan fingerprint density at radius 3 is 3.00 bits per heavy atom. The predicted octanol–water partition coefficient (Wildman–Crippen LogP) is 1.42. The van der Waals surface area contributed by atoms with E-state index in [-0.39, 0.29) is 0 Å². The standard InChI is InChI=1S/C7H13N3S/c1-7(11-2)3-4-10-6-8-5-9-10/h5-7H,3-4H2,1-2H3. The second-order valence-electron chi connectivity index (χ2n) is 2.49. The van der Waals surface area contributed by atoms with Gasteiger partial charge in [0.25, 0.3) is 0 Å². The Kier molecular flexibility index (Phi) is 3.42. The molecule has 0 aliphatic heterocycles. The number of hydrogen-bond acceptors (Lipinski definition) is 3. The highest BCUT2D eigenvalue weighted by molar-refractivity contribution is 7.99. The lowest BCUT2D eigenvalue weighted by atomic mass is 10.3. The van der Waals surface area contributed by atoms with Crippen molar-refractivity contribution in [1.82, 2.24) is 14.8 Å². The van der Waals surface area contributed by atoms with Gasteiger partial charge in [0.15, 0.2) is 0 Å². The highest BCUT2D eigenvalue weighted by atomic mass is 32.2. The number of thioether (sulfide) groups is 1. The van der Waals surface area contributed by atoms with Crippen LogP contribution in [0.15, 0.2) is 12.7 Å². The Morgan fingerprint density at radius 1 is 1.64 bits per heavy atom. The van der Waals surface area contributed by atoms with Crippen LogP contribution >= 0.6 is 11.8 Å². The van der Waals surface area contributed by atoms with Gasteiger partial charge in [0, 0.05) is 11.8 Å². The van der Waals surface area contributed by atoms with Crippen LogP contribution in [0.4, 0.5) is 0 Å². The highest BCUT2D eigenvalue weighted by Crippen LogP contribution is 2.09. The van der Waals surface area contributed by atoms with Crippen molar-refractivity contribution in [1.29, 1.82) is 0 Å². The van der Waals surface area contributed by atoms with Gasteiger partial charge >= 0.3 is 0 Å². The summed E-state index contributed by atoms with van der Waals surface area (Å²) in [4.78, 5) is 3.87. The third-order valence-electron chi connectivity index (χ3n) is 1.63. The summed E-state index contributed by atoms with van der Waals surface area (Å²) < 4.78 is 1.87. The number of hydrogen-bond donors (Lipinski definition) is 0. The zero-order valence-electron chi connectivity index (χ0n) is 6.90. The number of aryl methyl sites for hydroxylation is 1. The lowest BCUT2D eigenvalue weighted by Gasteiger charge is -2.06. The minimum atomic E-state index is 0.708. The molecule has 62 valence electrons. The molecule has 0 fully saturated rings. The third-order valence-corrected chi connectivity index (χ3v) is 2.67. The summed E-state index contributed by atoms with van der Waals surface area (Å²) in [6, 6.07) is 0. The van der Waals surface area contributed by atoms with Gasteiger partial charge in [-0.25, -0.2) is 4.98 Å². The molecule has 0 aromatic carbocycles. The van der Waals surface area contributed by atoms with Crippen LogP contribution in [0.3, 0.4) is 0 Å². The quantitative estimate of drug-likeness (QED) is 0.686. The molecule has 1 heterocycles. The predicted molar refractivity (Wildman–Crippen MR) is 47.6 cm³/mol. The Morgan fingerprint density at radius 2 is 2.45 bits per heavy atom. The molecule has 4 heteroatoms. The van der Waals surface area contributed by atoms with E-state index >= 15 is 0 Å². The van der Waals surface area contributed by atoms with E-state index in [0.29, 0.717) is 5.25 Å². The maximum atomic E-state index is 4.02. The summed E-state index contributed by atoms with van der Waals surface area (Å²) in [5, 5.41) is 4.73. The molecule has 0 amide bonds. The van der Waals surface area contributed by atoms with Crippen molar-refractivity contribution in [3.63, 3.8) is 0 Å². The highest BCUT2D eigenvalue weighted by Gasteiger charge is 1.98. The van der Waals surface area contributed by atoms with Crippen LogP contribution in [0, 0.1) is 0 Å². The van der Waals surface area contributed by atoms with Crippen LogP contribution in [0.1, 0.15) is 13.3 Å². The zero-order valence-corrected chi connectivity index (χ0v) is 7.71. The van der Waals surface area contributed by atoms with Crippen LogP contribution < -0.4 is 0 Å². The topological polar surface area (TPSA) is 30.7 Å². The van der Waals surface area contributed by atoms with Crippen molar-refractivity contribution >= 4 is 11.8 Å². The lowest BCUT2D eigenvalue weighted by molar-refractivity contribution is 0.576. The average molecular weight is 171 g/mol. The van der Waals surface area contributed by atoms with E-state index in [1.807, 2.05) is 16.4 Å². The first kappa shape index (κ1) is 8.59. The molecule has 1 unspecified atom stereocenters. The first-order valence-electron chi connectivity index (χ1n) is 3.68. The van der Waals surface area contributed by atoms with Crippen molar-refractivity contribution in [2.45, 2.75) is 25.1 Å². The molecule has 1 aromatic rings. The van der Waals surface area contributed by atoms with Gasteiger partial charge < -0.3 is 0 Å². The van der Waals surface area contributed by atoms with E-state index < -0.39 is 0 Å². The van der Waals surface area contributed by atoms with E-state index in [1.54, 1.807) is 12.7 Å². The molecule has 3 nitrogen and oxygen atoms in total. The molecule has 0 aliphatic carbocycles. The fourth-order valence-electron chi connectivity index (χ4n) is 0.780. The van der Waals surface area contributed by atoms with Crippen molar-refractivity contribution in [2.24, 2.45) is 0 Å². The van der Waals surface area contributed by atoms with E-state index in [2.05, 4.69) is 23.3 Å². The lowest BCUT2D eigenvalue weighted by Crippen LogP contribution is -2.04. The summed E-state index contributed by atoms with van der Waals surface area (Å²) in [6.07, 6.45) is 6.62. The first-order chi connectivity index (χ1) is 5.33. The Balaban J connectivity index is 2.23. The molecule has 0 radical (unpaired) electrons. The Labute approximate surface area is 71.2 Å². The summed E-state index contributed by atoms with van der Waals surface area (Å²) in [5.74, 6) is 0. The van der Waals surface area contributed by atoms with Crippen LogP contribution in [-0.2, 0) is 6.54 Å². The molecule has 1 aromatic heterocycles. The van der Waals surface area contributed by atoms with Gasteiger partial charge in [-0.2, -0.15) is 16.9 Å². The molecule has 0 N–H and O–H groups in total. The maximum Gasteiger partial charge on any atom is 0.137 e. The molecule has 1 atom stereocenters. The fourth-order valence-corrected chi connectivity index (χ4v) is 1.12. The molecule has 1 rings (SSSR count). The number of aromatic nitrogens is 3. The molecular formula is C7H13N3S. The van der Waals surface area contributed by atoms with Gasteiger partial charge in [0.05, 0.1) is 0 Å². The summed E-state index contributed by atoms with van der Waals surface area (Å²) in [5.41, 5.74) is 0. The molecule has 0 saturated carbocycles. The van der Waals surface area contributed by atoms with Crippen LogP contribution in [0.2, 0.25) is 0 Å². The first-order valence-corrected chi connectivity index (χ1v) is 4.97. The van der Waals surface area contributed by atoms with E-state index in [9.17, 15) is 0 Å². The molecule has 11 heavy (non-hydrogen) atoms. The summed E-state index contributed by atoms with van der Waals surface area (Å²) in [7, 11) is 0. The maximum absolute atomic E-state index is 4.02. The largest absolute Gasteiger partial charge is 0.253 e. The van der Waals surface area contributed by atoms with Gasteiger partial charge in [-0.1, -0.05) is 6.92 Å². The van der Waals surface area contributed by atoms with E-state index in [0.717, 1.165) is 13.0 Å². The van der Waals surface area contributed by atoms with Crippen molar-refractivity contribution < 1.29 is 0 Å². The van der Waals surface area contributed by atoms with Crippen LogP contribution in [-0.4, -0.2) is 26.3 Å². The third kappa shape index (κ3) is 2.93. The zero-order chi connectivity index (χ0) is 8.10. The Hall–Kier alpha value is -0.510. The van der Waals surface area contributed by atoms with Crippen molar-refractivity contribution in [2.75, 3.05) is 6.26 Å². The molecule has 0 spiro atoms. The normalized spacial score (nSPS) is 13.3. The second-order valence-corrected chi connectivity index (χ2v) is 3.77. The molecule has 0 aliphatic rings. The minimum absolute atomic E-state index is 0.708. The van der Waals surface area contributed by atoms with Gasteiger partial charge in [-0.3, -0.25) is 4.68 Å². The van der Waals surface area contributed by atoms with Gasteiger partial charge in [0.1, 0.15) is 12.7 Å². The van der Waals surface area contributed by atoms with Gasteiger partial charge in [-0.05, 0) is 12.7 Å². The number of rotatable bonds is 4. The van der Waals surface area contributed by atoms with Gasteiger partial charge in [-0.15, -0.1) is 0 Å². The molecular weight excluding hydrogens is 158 g/mol. The van der Waals surface area contributed by atoms with E-state index in [1.165, 1.54) is 0 Å². The monoisotopic (exact) mass is 171 g/mol. The van der Waals surface area contributed by atoms with Crippen LogP contribution in [0.5, 0.6) is 0 Å². The SMILES string of the molecule is CSC(C)CCn1cncn1. The van der Waals surface area contributed by atoms with Gasteiger partial charge in [0.2, 0.25) is 0 Å². The number of nitrogens with zero attached hydrogens (tertiary/aromatic N) is 3.